The molecule has 3 heteroatoms. The van der Waals surface area contributed by atoms with E-state index in [-0.39, 0.29) is 0 Å². The van der Waals surface area contributed by atoms with Crippen molar-refractivity contribution in [2.24, 2.45) is 4.99 Å². The van der Waals surface area contributed by atoms with Gasteiger partial charge in [-0.1, -0.05) is 13.8 Å². The fourth-order valence-electron chi connectivity index (χ4n) is 1.18. The van der Waals surface area contributed by atoms with Crippen LogP contribution < -0.4 is 0 Å². The van der Waals surface area contributed by atoms with Gasteiger partial charge in [-0.3, -0.25) is 4.99 Å². The maximum Gasteiger partial charge on any atom is 0.131 e. The van der Waals surface area contributed by atoms with Gasteiger partial charge in [-0.2, -0.15) is 0 Å². The largest absolute Gasteiger partial charge is 0.286 e. The number of rotatable bonds is 1. The van der Waals surface area contributed by atoms with Crippen LogP contribution >= 0.6 is 0 Å². The molecule has 0 bridgehead atoms. The lowest BCUT2D eigenvalue weighted by Crippen LogP contribution is -2.01. The average molecular weight is 161 g/mol. The molecule has 0 spiro atoms. The number of hydrogen-bond acceptors (Lipinski definition) is 3. The minimum atomic E-state index is 0.399. The monoisotopic (exact) mass is 161 g/mol. The van der Waals surface area contributed by atoms with Gasteiger partial charge in [-0.05, 0) is 0 Å². The molecular formula is C9H11N3. The molecule has 12 heavy (non-hydrogen) atoms. The van der Waals surface area contributed by atoms with Crippen molar-refractivity contribution in [1.29, 1.82) is 0 Å². The van der Waals surface area contributed by atoms with Gasteiger partial charge in [0, 0.05) is 23.9 Å². The fourth-order valence-corrected chi connectivity index (χ4v) is 1.18. The summed E-state index contributed by atoms with van der Waals surface area (Å²) in [5.74, 6) is 1.31. The molecule has 0 aromatic carbocycles. The van der Waals surface area contributed by atoms with E-state index in [4.69, 9.17) is 0 Å². The van der Waals surface area contributed by atoms with E-state index in [0.29, 0.717) is 5.92 Å². The van der Waals surface area contributed by atoms with Crippen LogP contribution in [-0.2, 0) is 6.54 Å². The standard InChI is InChI=1S/C9H11N3/c1-6(2)9-11-4-7-3-10-5-8(7)12-9/h3-4,6H,5H2,1-2H3. The Labute approximate surface area is 71.6 Å². The molecule has 1 aliphatic heterocycles. The highest BCUT2D eigenvalue weighted by atomic mass is 14.9. The molecule has 62 valence electrons. The number of nitrogens with zero attached hydrogens (tertiary/aromatic N) is 3. The first-order valence-corrected chi connectivity index (χ1v) is 4.13. The maximum atomic E-state index is 4.42. The maximum absolute atomic E-state index is 4.42. The summed E-state index contributed by atoms with van der Waals surface area (Å²) < 4.78 is 0. The first-order chi connectivity index (χ1) is 5.77. The summed E-state index contributed by atoms with van der Waals surface area (Å²) in [6.45, 7) is 4.91. The number of aromatic nitrogens is 2. The van der Waals surface area contributed by atoms with Gasteiger partial charge in [0.25, 0.3) is 0 Å². The topological polar surface area (TPSA) is 38.1 Å². The summed E-state index contributed by atoms with van der Waals surface area (Å²) in [7, 11) is 0. The Balaban J connectivity index is 2.42. The van der Waals surface area contributed by atoms with Crippen LogP contribution in [0.5, 0.6) is 0 Å². The van der Waals surface area contributed by atoms with E-state index in [0.717, 1.165) is 23.6 Å². The first-order valence-electron chi connectivity index (χ1n) is 4.13. The summed E-state index contributed by atoms with van der Waals surface area (Å²) in [5, 5.41) is 0. The fraction of sp³-hybridized carbons (Fsp3) is 0.444. The zero-order valence-electron chi connectivity index (χ0n) is 7.28. The van der Waals surface area contributed by atoms with Crippen LogP contribution in [0.3, 0.4) is 0 Å². The third kappa shape index (κ3) is 1.11. The molecular weight excluding hydrogens is 150 g/mol. The van der Waals surface area contributed by atoms with Gasteiger partial charge in [0.15, 0.2) is 0 Å². The van der Waals surface area contributed by atoms with Crippen LogP contribution in [0, 0.1) is 0 Å². The number of aliphatic imine (C=N–C) groups is 1. The van der Waals surface area contributed by atoms with Crippen molar-refractivity contribution in [3.63, 3.8) is 0 Å². The van der Waals surface area contributed by atoms with Crippen molar-refractivity contribution in [3.05, 3.63) is 23.3 Å². The zero-order valence-corrected chi connectivity index (χ0v) is 7.28. The van der Waals surface area contributed by atoms with Gasteiger partial charge >= 0.3 is 0 Å². The quantitative estimate of drug-likeness (QED) is 0.626. The molecule has 3 nitrogen and oxygen atoms in total. The molecule has 0 saturated heterocycles. The summed E-state index contributed by atoms with van der Waals surface area (Å²) in [6.07, 6.45) is 3.69. The second kappa shape index (κ2) is 2.66. The zero-order chi connectivity index (χ0) is 8.55. The molecule has 2 rings (SSSR count). The van der Waals surface area contributed by atoms with Crippen molar-refractivity contribution in [3.8, 4) is 0 Å². The molecule has 1 aliphatic rings. The van der Waals surface area contributed by atoms with Crippen molar-refractivity contribution in [1.82, 2.24) is 9.97 Å². The second-order valence-corrected chi connectivity index (χ2v) is 3.25. The Kier molecular flexibility index (Phi) is 1.64. The van der Waals surface area contributed by atoms with Gasteiger partial charge in [-0.25, -0.2) is 9.97 Å². The van der Waals surface area contributed by atoms with E-state index in [1.165, 1.54) is 0 Å². The predicted octanol–water partition coefficient (Wildman–Crippen LogP) is 1.53. The second-order valence-electron chi connectivity index (χ2n) is 3.25. The highest BCUT2D eigenvalue weighted by molar-refractivity contribution is 5.82. The molecule has 0 radical (unpaired) electrons. The molecule has 0 saturated carbocycles. The molecule has 2 heterocycles. The van der Waals surface area contributed by atoms with E-state index in [1.807, 2.05) is 12.4 Å². The first kappa shape index (κ1) is 7.40. The Morgan fingerprint density at radius 3 is 3.00 bits per heavy atom. The lowest BCUT2D eigenvalue weighted by molar-refractivity contribution is 0.759. The minimum absolute atomic E-state index is 0.399. The molecule has 0 fully saturated rings. The number of fused-ring (bicyclic) bond motifs is 1. The van der Waals surface area contributed by atoms with Gasteiger partial charge < -0.3 is 0 Å². The van der Waals surface area contributed by atoms with Crippen molar-refractivity contribution >= 4 is 6.21 Å². The molecule has 0 N–H and O–H groups in total. The Morgan fingerprint density at radius 1 is 1.42 bits per heavy atom. The summed E-state index contributed by atoms with van der Waals surface area (Å²) in [6, 6.07) is 0. The predicted molar refractivity (Wildman–Crippen MR) is 47.4 cm³/mol. The molecule has 0 atom stereocenters. The van der Waals surface area contributed by atoms with Crippen LogP contribution in [0.2, 0.25) is 0 Å². The molecule has 0 amide bonds. The van der Waals surface area contributed by atoms with Crippen LogP contribution in [0.25, 0.3) is 0 Å². The van der Waals surface area contributed by atoms with Crippen LogP contribution in [0.1, 0.15) is 36.8 Å². The lowest BCUT2D eigenvalue weighted by atomic mass is 10.2. The molecule has 1 aromatic rings. The Hall–Kier alpha value is -1.25. The van der Waals surface area contributed by atoms with Gasteiger partial charge in [0.2, 0.25) is 0 Å². The summed E-state index contributed by atoms with van der Waals surface area (Å²) in [5.41, 5.74) is 2.13. The highest BCUT2D eigenvalue weighted by Gasteiger charge is 2.10. The SMILES string of the molecule is CC(C)c1ncc2c(n1)CN=C2. The van der Waals surface area contributed by atoms with Crippen LogP contribution in [0.15, 0.2) is 11.2 Å². The highest BCUT2D eigenvalue weighted by Crippen LogP contribution is 2.14. The smallest absolute Gasteiger partial charge is 0.131 e. The van der Waals surface area contributed by atoms with Crippen LogP contribution in [0.4, 0.5) is 0 Å². The summed E-state index contributed by atoms with van der Waals surface area (Å²) >= 11 is 0. The average Bonchev–Trinajstić information content (AvgIpc) is 2.49. The van der Waals surface area contributed by atoms with Gasteiger partial charge in [0.05, 0.1) is 12.2 Å². The molecule has 1 aromatic heterocycles. The Morgan fingerprint density at radius 2 is 2.25 bits per heavy atom. The van der Waals surface area contributed by atoms with E-state index >= 15 is 0 Å². The van der Waals surface area contributed by atoms with Crippen molar-refractivity contribution in [2.75, 3.05) is 0 Å². The Bertz CT molecular complexity index is 329. The molecule has 0 unspecified atom stereocenters. The summed E-state index contributed by atoms with van der Waals surface area (Å²) in [4.78, 5) is 12.8. The third-order valence-electron chi connectivity index (χ3n) is 1.91. The van der Waals surface area contributed by atoms with Crippen molar-refractivity contribution in [2.45, 2.75) is 26.3 Å². The molecule has 0 aliphatic carbocycles. The van der Waals surface area contributed by atoms with Crippen molar-refractivity contribution < 1.29 is 0 Å². The lowest BCUT2D eigenvalue weighted by Gasteiger charge is -2.03. The van der Waals surface area contributed by atoms with E-state index in [9.17, 15) is 0 Å². The van der Waals surface area contributed by atoms with E-state index < -0.39 is 0 Å². The van der Waals surface area contributed by atoms with Gasteiger partial charge in [0.1, 0.15) is 5.82 Å². The van der Waals surface area contributed by atoms with E-state index in [2.05, 4.69) is 28.8 Å². The van der Waals surface area contributed by atoms with Crippen LogP contribution in [-0.4, -0.2) is 16.2 Å². The minimum Gasteiger partial charge on any atom is -0.286 e. The van der Waals surface area contributed by atoms with E-state index in [1.54, 1.807) is 0 Å². The number of hydrogen-bond donors (Lipinski definition) is 0. The van der Waals surface area contributed by atoms with Gasteiger partial charge in [-0.15, -0.1) is 0 Å². The third-order valence-corrected chi connectivity index (χ3v) is 1.91. The normalized spacial score (nSPS) is 13.9.